The normalized spacial score (nSPS) is 29.2. The first-order valence-electron chi connectivity index (χ1n) is 16.3. The summed E-state index contributed by atoms with van der Waals surface area (Å²) in [4.78, 5) is 31.7. The van der Waals surface area contributed by atoms with E-state index in [1.54, 1.807) is 52.0 Å². The van der Waals surface area contributed by atoms with Crippen LogP contribution in [0.15, 0.2) is 53.4 Å². The van der Waals surface area contributed by atoms with Gasteiger partial charge in [-0.1, -0.05) is 23.7 Å². The van der Waals surface area contributed by atoms with Gasteiger partial charge in [0.05, 0.1) is 22.7 Å². The molecule has 2 amide bonds. The minimum Gasteiger partial charge on any atom is -0.490 e. The van der Waals surface area contributed by atoms with E-state index in [0.717, 1.165) is 32.1 Å². The average molecular weight is 685 g/mol. The average Bonchev–Trinajstić information content (AvgIpc) is 3.15. The van der Waals surface area contributed by atoms with Gasteiger partial charge in [0.25, 0.3) is 15.9 Å². The van der Waals surface area contributed by atoms with Crippen LogP contribution in [-0.2, 0) is 31.4 Å². The molecule has 0 saturated heterocycles. The van der Waals surface area contributed by atoms with Crippen LogP contribution >= 0.6 is 11.6 Å². The number of hydrogen-bond donors (Lipinski definition) is 1. The minimum atomic E-state index is -4.20. The Bertz CT molecular complexity index is 1690. The van der Waals surface area contributed by atoms with Crippen molar-refractivity contribution in [3.8, 4) is 5.75 Å². The predicted molar refractivity (Wildman–Crippen MR) is 182 cm³/mol. The summed E-state index contributed by atoms with van der Waals surface area (Å²) in [6, 6.07) is 10.9. The van der Waals surface area contributed by atoms with Gasteiger partial charge in [-0.15, -0.1) is 0 Å². The first-order chi connectivity index (χ1) is 22.2. The highest BCUT2D eigenvalue weighted by Gasteiger charge is 2.45. The van der Waals surface area contributed by atoms with Crippen LogP contribution in [0, 0.1) is 11.8 Å². The number of likely N-dealkylation sites (N-methyl/N-ethyl adjacent to an activating group) is 1. The first-order valence-corrected chi connectivity index (χ1v) is 18.2. The Morgan fingerprint density at radius 2 is 1.94 bits per heavy atom. The molecule has 1 spiro atoms. The smallest absolute Gasteiger partial charge is 0.409 e. The number of ether oxygens (including phenoxy) is 2. The Morgan fingerprint density at radius 3 is 2.66 bits per heavy atom. The molecule has 0 aromatic heterocycles. The highest BCUT2D eigenvalue weighted by atomic mass is 35.5. The van der Waals surface area contributed by atoms with Crippen molar-refractivity contribution in [1.82, 2.24) is 14.5 Å². The Hall–Kier alpha value is -3.28. The minimum absolute atomic E-state index is 0.00151. The number of halogens is 1. The van der Waals surface area contributed by atoms with E-state index in [1.807, 2.05) is 18.2 Å². The zero-order valence-electron chi connectivity index (χ0n) is 27.8. The summed E-state index contributed by atoms with van der Waals surface area (Å²) < 4.78 is 42.3. The molecule has 0 radical (unpaired) electrons. The number of carbonyl (C=O) groups excluding carboxylic acids is 2. The maximum Gasteiger partial charge on any atom is 0.409 e. The maximum absolute atomic E-state index is 13.7. The largest absolute Gasteiger partial charge is 0.490 e. The number of aryl methyl sites for hydroxylation is 1. The molecule has 1 N–H and O–H groups in total. The molecular formula is C35H45ClN4O6S. The van der Waals surface area contributed by atoms with Gasteiger partial charge in [0, 0.05) is 50.1 Å². The number of amides is 2. The second-order valence-corrected chi connectivity index (χ2v) is 16.4. The molecule has 2 heterocycles. The lowest BCUT2D eigenvalue weighted by Crippen LogP contribution is -2.54. The highest BCUT2D eigenvalue weighted by molar-refractivity contribution is 7.90. The number of hydrogen-bond acceptors (Lipinski definition) is 8. The number of nitrogens with zero attached hydrogens (tertiary/aromatic N) is 3. The van der Waals surface area contributed by atoms with Crippen LogP contribution in [0.1, 0.15) is 50.7 Å². The molecule has 47 heavy (non-hydrogen) atoms. The van der Waals surface area contributed by atoms with Crippen LogP contribution in [0.25, 0.3) is 0 Å². The number of sulfonamides is 1. The third-order valence-electron chi connectivity index (χ3n) is 10.7. The second kappa shape index (κ2) is 12.6. The van der Waals surface area contributed by atoms with Crippen LogP contribution in [0.2, 0.25) is 5.02 Å². The summed E-state index contributed by atoms with van der Waals surface area (Å²) in [6.07, 6.45) is 7.63. The van der Waals surface area contributed by atoms with Crippen LogP contribution in [0.4, 0.5) is 10.5 Å². The quantitative estimate of drug-likeness (QED) is 0.419. The van der Waals surface area contributed by atoms with Crippen molar-refractivity contribution < 1.29 is 27.5 Å². The number of anilines is 1. The van der Waals surface area contributed by atoms with Crippen molar-refractivity contribution in [2.75, 3.05) is 52.3 Å². The lowest BCUT2D eigenvalue weighted by atomic mass is 9.68. The van der Waals surface area contributed by atoms with E-state index in [0.29, 0.717) is 42.7 Å². The summed E-state index contributed by atoms with van der Waals surface area (Å²) in [5, 5.41) is 0.707. The fourth-order valence-electron chi connectivity index (χ4n) is 7.35. The molecule has 2 aliphatic carbocycles. The SMILES string of the molecule is CN(C)C(=O)O[C@H]1/C=C\CN(C)C(C)(C)C(=O)NS(=O)(=O)c2ccc3c(c2)N(C[C@@H]2CC[C@H]21)C[C@@]1(CCCc2cc(Cl)ccc21)CO3. The molecule has 254 valence electrons. The highest BCUT2D eigenvalue weighted by Crippen LogP contribution is 2.47. The molecule has 1 saturated carbocycles. The molecule has 4 atom stereocenters. The lowest BCUT2D eigenvalue weighted by molar-refractivity contribution is -0.128. The first kappa shape index (κ1) is 33.6. The number of nitrogens with one attached hydrogen (secondary N) is 1. The van der Waals surface area contributed by atoms with E-state index in [-0.39, 0.29) is 22.1 Å². The van der Waals surface area contributed by atoms with Crippen LogP contribution in [0.5, 0.6) is 5.75 Å². The topological polar surface area (TPSA) is 108 Å². The molecular weight excluding hydrogens is 640 g/mol. The van der Waals surface area contributed by atoms with E-state index in [4.69, 9.17) is 21.1 Å². The third kappa shape index (κ3) is 6.46. The summed E-state index contributed by atoms with van der Waals surface area (Å²) in [6.45, 7) is 5.39. The van der Waals surface area contributed by atoms with Crippen molar-refractivity contribution >= 4 is 39.3 Å². The molecule has 12 heteroatoms. The fourth-order valence-corrected chi connectivity index (χ4v) is 8.67. The van der Waals surface area contributed by atoms with Gasteiger partial charge in [-0.3, -0.25) is 9.69 Å². The molecule has 4 aliphatic rings. The van der Waals surface area contributed by atoms with Crippen LogP contribution in [0.3, 0.4) is 0 Å². The number of rotatable bonds is 1. The summed E-state index contributed by atoms with van der Waals surface area (Å²) in [5.74, 6) is 0.200. The monoisotopic (exact) mass is 684 g/mol. The van der Waals surface area contributed by atoms with Crippen molar-refractivity contribution in [3.63, 3.8) is 0 Å². The lowest BCUT2D eigenvalue weighted by Gasteiger charge is -2.46. The Morgan fingerprint density at radius 1 is 1.15 bits per heavy atom. The van der Waals surface area contributed by atoms with Gasteiger partial charge in [0.15, 0.2) is 0 Å². The molecule has 2 aliphatic heterocycles. The van der Waals surface area contributed by atoms with E-state index < -0.39 is 33.7 Å². The zero-order valence-corrected chi connectivity index (χ0v) is 29.4. The maximum atomic E-state index is 13.7. The standard InChI is InChI=1S/C35H45ClN4O6S/c1-34(2)32(41)37-47(43,44)26-12-15-31-29(19-26)40(21-35(22-45-31)16-6-8-23-18-25(36)11-14-28(23)35)20-24-10-13-27(24)30(9-7-17-39(34)5)46-33(42)38(3)4/h7,9,11-12,14-15,18-19,24,27,30H,6,8,10,13,16-17,20-22H2,1-5H3,(H,37,41)/b9-7-/t24-,27+,30-,35-/m0/s1. The number of benzene rings is 2. The summed E-state index contributed by atoms with van der Waals surface area (Å²) in [5.41, 5.74) is 1.60. The molecule has 2 aromatic carbocycles. The Labute approximate surface area is 283 Å². The summed E-state index contributed by atoms with van der Waals surface area (Å²) >= 11 is 6.42. The van der Waals surface area contributed by atoms with Gasteiger partial charge in [-0.25, -0.2) is 17.9 Å². The second-order valence-electron chi connectivity index (χ2n) is 14.3. The van der Waals surface area contributed by atoms with Crippen LogP contribution in [-0.4, -0.2) is 89.2 Å². The van der Waals surface area contributed by atoms with Gasteiger partial charge in [0.1, 0.15) is 11.9 Å². The van der Waals surface area contributed by atoms with Crippen molar-refractivity contribution in [3.05, 3.63) is 64.7 Å². The molecule has 2 aromatic rings. The van der Waals surface area contributed by atoms with E-state index in [9.17, 15) is 18.0 Å². The van der Waals surface area contributed by atoms with Gasteiger partial charge in [-0.2, -0.15) is 0 Å². The van der Waals surface area contributed by atoms with Gasteiger partial charge >= 0.3 is 6.09 Å². The molecule has 0 unspecified atom stereocenters. The third-order valence-corrected chi connectivity index (χ3v) is 12.3. The van der Waals surface area contributed by atoms with Gasteiger partial charge in [-0.05, 0) is 106 Å². The Kier molecular flexibility index (Phi) is 9.04. The van der Waals surface area contributed by atoms with Crippen molar-refractivity contribution in [2.45, 2.75) is 67.9 Å². The van der Waals surface area contributed by atoms with Crippen LogP contribution < -0.4 is 14.4 Å². The molecule has 10 nitrogen and oxygen atoms in total. The van der Waals surface area contributed by atoms with E-state index >= 15 is 0 Å². The predicted octanol–water partition coefficient (Wildman–Crippen LogP) is 4.99. The van der Waals surface area contributed by atoms with Crippen molar-refractivity contribution in [2.24, 2.45) is 11.8 Å². The molecule has 2 bridgehead atoms. The fraction of sp³-hybridized carbons (Fsp3) is 0.543. The summed E-state index contributed by atoms with van der Waals surface area (Å²) in [7, 11) is 0.904. The Balaban J connectivity index is 1.45. The zero-order chi connectivity index (χ0) is 33.7. The van der Waals surface area contributed by atoms with Crippen molar-refractivity contribution in [1.29, 1.82) is 0 Å². The van der Waals surface area contributed by atoms with Gasteiger partial charge in [0.2, 0.25) is 0 Å². The number of fused-ring (bicyclic) bond motifs is 4. The molecule has 6 rings (SSSR count). The molecule has 1 fully saturated rings. The van der Waals surface area contributed by atoms with E-state index in [2.05, 4.69) is 21.8 Å². The number of carbonyl (C=O) groups is 2. The van der Waals surface area contributed by atoms with Gasteiger partial charge < -0.3 is 19.3 Å². The van der Waals surface area contributed by atoms with E-state index in [1.165, 1.54) is 22.1 Å².